The summed E-state index contributed by atoms with van der Waals surface area (Å²) in [5.74, 6) is 0. The van der Waals surface area contributed by atoms with Crippen molar-refractivity contribution in [3.05, 3.63) is 83.4 Å². The fraction of sp³-hybridized carbons (Fsp3) is 0.462. The zero-order valence-electron chi connectivity index (χ0n) is 19.0. The molecule has 34 heavy (non-hydrogen) atoms. The van der Waals surface area contributed by atoms with Crippen LogP contribution < -0.4 is 5.73 Å². The summed E-state index contributed by atoms with van der Waals surface area (Å²) in [4.78, 5) is 0. The first-order valence-electron chi connectivity index (χ1n) is 11.1. The molecule has 2 nitrogen and oxygen atoms in total. The van der Waals surface area contributed by atoms with Crippen LogP contribution in [0.25, 0.3) is 0 Å². The monoisotopic (exact) mass is 485 g/mol. The summed E-state index contributed by atoms with van der Waals surface area (Å²) in [7, 11) is 0. The number of halogens is 6. The van der Waals surface area contributed by atoms with Crippen molar-refractivity contribution in [3.8, 4) is 0 Å². The van der Waals surface area contributed by atoms with Crippen molar-refractivity contribution in [1.29, 1.82) is 0 Å². The van der Waals surface area contributed by atoms with Crippen molar-refractivity contribution in [2.45, 2.75) is 68.4 Å². The number of benzene rings is 2. The standard InChI is InChI=1S/C26H29F6NO/c1-3-9-24(33)12-10-23(11-13-24,20-7-5-4-6-8-20)17-34-18(2)19-14-21(25(27,28)29)16-22(15-19)26(30,31)32/h3-8,14-16,18H,1,9-13,17,33H2,2H3/t18-,23?,24?/m1/s1. The Labute approximate surface area is 195 Å². The van der Waals surface area contributed by atoms with Crippen molar-refractivity contribution in [2.24, 2.45) is 5.73 Å². The molecule has 186 valence electrons. The van der Waals surface area contributed by atoms with Gasteiger partial charge in [-0.25, -0.2) is 0 Å². The van der Waals surface area contributed by atoms with Crippen LogP contribution in [0.5, 0.6) is 0 Å². The third-order valence-corrected chi connectivity index (χ3v) is 6.83. The van der Waals surface area contributed by atoms with Crippen LogP contribution in [0.1, 0.15) is 67.4 Å². The van der Waals surface area contributed by atoms with Crippen molar-refractivity contribution in [3.63, 3.8) is 0 Å². The van der Waals surface area contributed by atoms with Crippen LogP contribution in [0.2, 0.25) is 0 Å². The van der Waals surface area contributed by atoms with Crippen LogP contribution in [-0.2, 0) is 22.5 Å². The van der Waals surface area contributed by atoms with E-state index < -0.39 is 35.0 Å². The Morgan fingerprint density at radius 1 is 0.941 bits per heavy atom. The largest absolute Gasteiger partial charge is 0.416 e. The molecule has 1 saturated carbocycles. The van der Waals surface area contributed by atoms with Gasteiger partial charge in [-0.2, -0.15) is 26.3 Å². The molecule has 0 heterocycles. The Kier molecular flexibility index (Phi) is 7.53. The number of hydrogen-bond donors (Lipinski definition) is 1. The van der Waals surface area contributed by atoms with E-state index in [9.17, 15) is 26.3 Å². The molecule has 0 spiro atoms. The van der Waals surface area contributed by atoms with Gasteiger partial charge in [0.05, 0.1) is 23.8 Å². The lowest BCUT2D eigenvalue weighted by molar-refractivity contribution is -0.143. The highest BCUT2D eigenvalue weighted by molar-refractivity contribution is 5.35. The van der Waals surface area contributed by atoms with Gasteiger partial charge >= 0.3 is 12.4 Å². The fourth-order valence-corrected chi connectivity index (χ4v) is 4.62. The molecule has 2 aromatic carbocycles. The zero-order chi connectivity index (χ0) is 25.2. The van der Waals surface area contributed by atoms with Crippen molar-refractivity contribution in [2.75, 3.05) is 6.61 Å². The predicted molar refractivity (Wildman–Crippen MR) is 119 cm³/mol. The maximum Gasteiger partial charge on any atom is 0.416 e. The van der Waals surface area contributed by atoms with Gasteiger partial charge in [-0.3, -0.25) is 0 Å². The van der Waals surface area contributed by atoms with Crippen LogP contribution >= 0.6 is 0 Å². The number of ether oxygens (including phenoxy) is 1. The third-order valence-electron chi connectivity index (χ3n) is 6.83. The quantitative estimate of drug-likeness (QED) is 0.324. The fourth-order valence-electron chi connectivity index (χ4n) is 4.62. The predicted octanol–water partition coefficient (Wildman–Crippen LogP) is 7.59. The Balaban J connectivity index is 1.87. The number of alkyl halides is 6. The van der Waals surface area contributed by atoms with Gasteiger partial charge in [0.1, 0.15) is 0 Å². The van der Waals surface area contributed by atoms with Crippen LogP contribution in [0.15, 0.2) is 61.2 Å². The van der Waals surface area contributed by atoms with E-state index in [1.165, 1.54) is 6.92 Å². The van der Waals surface area contributed by atoms with E-state index in [4.69, 9.17) is 10.5 Å². The van der Waals surface area contributed by atoms with Gasteiger partial charge < -0.3 is 10.5 Å². The highest BCUT2D eigenvalue weighted by Crippen LogP contribution is 2.45. The summed E-state index contributed by atoms with van der Waals surface area (Å²) in [6.07, 6.45) is -5.54. The molecular weight excluding hydrogens is 456 g/mol. The summed E-state index contributed by atoms with van der Waals surface area (Å²) in [5.41, 5.74) is 3.85. The lowest BCUT2D eigenvalue weighted by Crippen LogP contribution is -2.48. The minimum atomic E-state index is -4.90. The number of hydrogen-bond acceptors (Lipinski definition) is 2. The second kappa shape index (κ2) is 9.74. The normalized spacial score (nSPS) is 24.6. The second-order valence-electron chi connectivity index (χ2n) is 9.29. The molecule has 0 saturated heterocycles. The van der Waals surface area contributed by atoms with Crippen LogP contribution in [-0.4, -0.2) is 12.1 Å². The molecule has 1 fully saturated rings. The molecule has 0 bridgehead atoms. The first-order valence-corrected chi connectivity index (χ1v) is 11.1. The van der Waals surface area contributed by atoms with E-state index in [2.05, 4.69) is 6.58 Å². The van der Waals surface area contributed by atoms with Crippen molar-refractivity contribution < 1.29 is 31.1 Å². The van der Waals surface area contributed by atoms with E-state index in [0.29, 0.717) is 32.1 Å². The van der Waals surface area contributed by atoms with E-state index in [-0.39, 0.29) is 23.8 Å². The topological polar surface area (TPSA) is 35.2 Å². The van der Waals surface area contributed by atoms with Gasteiger partial charge in [0.15, 0.2) is 0 Å². The highest BCUT2D eigenvalue weighted by Gasteiger charge is 2.42. The first kappa shape index (κ1) is 26.3. The average Bonchev–Trinajstić information content (AvgIpc) is 2.78. The average molecular weight is 486 g/mol. The smallest absolute Gasteiger partial charge is 0.373 e. The van der Waals surface area contributed by atoms with Gasteiger partial charge in [0.2, 0.25) is 0 Å². The summed E-state index contributed by atoms with van der Waals surface area (Å²) >= 11 is 0. The SMILES string of the molecule is C=CCC1(N)CCC(CO[C@H](C)c2cc(C(F)(F)F)cc(C(F)(F)F)c2)(c2ccccc2)CC1. The van der Waals surface area contributed by atoms with Gasteiger partial charge in [-0.15, -0.1) is 6.58 Å². The molecule has 0 radical (unpaired) electrons. The van der Waals surface area contributed by atoms with E-state index in [1.54, 1.807) is 6.08 Å². The third kappa shape index (κ3) is 6.02. The maximum absolute atomic E-state index is 13.3. The Morgan fingerprint density at radius 3 is 1.94 bits per heavy atom. The van der Waals surface area contributed by atoms with Crippen LogP contribution in [0, 0.1) is 0 Å². The minimum absolute atomic E-state index is 0.128. The van der Waals surface area contributed by atoms with Crippen molar-refractivity contribution in [1.82, 2.24) is 0 Å². The first-order chi connectivity index (χ1) is 15.8. The van der Waals surface area contributed by atoms with E-state index >= 15 is 0 Å². The Hall–Kier alpha value is -2.32. The molecule has 2 N–H and O–H groups in total. The summed E-state index contributed by atoms with van der Waals surface area (Å²) < 4.78 is 85.6. The highest BCUT2D eigenvalue weighted by atomic mass is 19.4. The molecule has 1 atom stereocenters. The Morgan fingerprint density at radius 2 is 1.47 bits per heavy atom. The zero-order valence-corrected chi connectivity index (χ0v) is 19.0. The number of rotatable bonds is 7. The Bertz CT molecular complexity index is 943. The molecule has 0 aromatic heterocycles. The number of nitrogens with two attached hydrogens (primary N) is 1. The van der Waals surface area contributed by atoms with Crippen LogP contribution in [0.4, 0.5) is 26.3 Å². The molecule has 2 aromatic rings. The minimum Gasteiger partial charge on any atom is -0.373 e. The van der Waals surface area contributed by atoms with Crippen LogP contribution in [0.3, 0.4) is 0 Å². The molecule has 0 amide bonds. The van der Waals surface area contributed by atoms with Gasteiger partial charge in [0, 0.05) is 11.0 Å². The molecule has 0 aliphatic heterocycles. The summed E-state index contributed by atoms with van der Waals surface area (Å²) in [6, 6.07) is 11.2. The van der Waals surface area contributed by atoms with Gasteiger partial charge in [-0.05, 0) is 68.4 Å². The molecular formula is C26H29F6NO. The molecule has 1 aliphatic carbocycles. The lowest BCUT2D eigenvalue weighted by Gasteiger charge is -2.45. The molecule has 3 rings (SSSR count). The van der Waals surface area contributed by atoms with Crippen molar-refractivity contribution >= 4 is 0 Å². The van der Waals surface area contributed by atoms with E-state index in [0.717, 1.165) is 17.7 Å². The second-order valence-corrected chi connectivity index (χ2v) is 9.29. The lowest BCUT2D eigenvalue weighted by atomic mass is 9.64. The summed E-state index contributed by atoms with van der Waals surface area (Å²) in [6.45, 7) is 5.40. The molecule has 8 heteroatoms. The maximum atomic E-state index is 13.3. The van der Waals surface area contributed by atoms with Gasteiger partial charge in [-0.1, -0.05) is 36.4 Å². The van der Waals surface area contributed by atoms with Gasteiger partial charge in [0.25, 0.3) is 0 Å². The molecule has 1 aliphatic rings. The van der Waals surface area contributed by atoms with E-state index in [1.807, 2.05) is 30.3 Å². The summed E-state index contributed by atoms with van der Waals surface area (Å²) in [5, 5.41) is 0. The molecule has 0 unspecified atom stereocenters.